The number of esters is 1. The summed E-state index contributed by atoms with van der Waals surface area (Å²) < 4.78 is 5.02. The predicted octanol–water partition coefficient (Wildman–Crippen LogP) is 2.72. The molecule has 3 rings (SSSR count). The maximum Gasteiger partial charge on any atom is 0.334 e. The number of fused-ring (bicyclic) bond motifs is 2. The van der Waals surface area contributed by atoms with Crippen LogP contribution in [-0.2, 0) is 22.5 Å². The summed E-state index contributed by atoms with van der Waals surface area (Å²) in [6.07, 6.45) is 1.72. The number of aromatic nitrogens is 1. The molecule has 0 aliphatic carbocycles. The molecule has 1 aliphatic heterocycles. The van der Waals surface area contributed by atoms with Gasteiger partial charge in [0.15, 0.2) is 0 Å². The van der Waals surface area contributed by atoms with Crippen LogP contribution in [0, 0.1) is 0 Å². The summed E-state index contributed by atoms with van der Waals surface area (Å²) in [6, 6.07) is 2.04. The lowest BCUT2D eigenvalue weighted by molar-refractivity contribution is -0.141. The van der Waals surface area contributed by atoms with E-state index in [0.717, 1.165) is 47.1 Å². The van der Waals surface area contributed by atoms with Crippen LogP contribution in [0.15, 0.2) is 12.1 Å². The van der Waals surface area contributed by atoms with Crippen molar-refractivity contribution in [3.8, 4) is 0 Å². The molecule has 0 amide bonds. The molecule has 0 aromatic carbocycles. The average molecular weight is 347 g/mol. The fraction of sp³-hybridized carbons (Fsp3) is 0.412. The van der Waals surface area contributed by atoms with Gasteiger partial charge < -0.3 is 20.5 Å². The predicted molar refractivity (Wildman–Crippen MR) is 95.9 cm³/mol. The van der Waals surface area contributed by atoms with Crippen molar-refractivity contribution in [2.75, 3.05) is 19.3 Å². The molecular formula is C17H21N3O3S. The number of pyridine rings is 1. The van der Waals surface area contributed by atoms with Gasteiger partial charge in [-0.1, -0.05) is 0 Å². The van der Waals surface area contributed by atoms with Crippen molar-refractivity contribution >= 4 is 39.0 Å². The van der Waals surface area contributed by atoms with Crippen molar-refractivity contribution in [2.24, 2.45) is 0 Å². The van der Waals surface area contributed by atoms with Crippen LogP contribution in [0.2, 0.25) is 0 Å². The number of thiophene rings is 1. The van der Waals surface area contributed by atoms with Crippen molar-refractivity contribution in [3.05, 3.63) is 28.3 Å². The minimum atomic E-state index is -0.590. The summed E-state index contributed by atoms with van der Waals surface area (Å²) >= 11 is 1.29. The molecule has 0 unspecified atom stereocenters. The first kappa shape index (κ1) is 16.7. The summed E-state index contributed by atoms with van der Waals surface area (Å²) in [4.78, 5) is 19.9. The highest BCUT2D eigenvalue weighted by atomic mass is 32.1. The number of rotatable bonds is 3. The zero-order valence-corrected chi connectivity index (χ0v) is 14.8. The smallest absolute Gasteiger partial charge is 0.334 e. The minimum absolute atomic E-state index is 0.184. The number of hydrogen-bond acceptors (Lipinski definition) is 7. The molecule has 0 bridgehead atoms. The van der Waals surface area contributed by atoms with Crippen LogP contribution in [-0.4, -0.2) is 40.7 Å². The van der Waals surface area contributed by atoms with Gasteiger partial charge in [0.1, 0.15) is 10.6 Å². The van der Waals surface area contributed by atoms with Crippen LogP contribution in [0.5, 0.6) is 0 Å². The fourth-order valence-electron chi connectivity index (χ4n) is 2.77. The number of anilines is 1. The number of ether oxygens (including phenoxy) is 1. The maximum atomic E-state index is 11.7. The van der Waals surface area contributed by atoms with Gasteiger partial charge in [-0.05, 0) is 32.5 Å². The highest BCUT2D eigenvalue weighted by Crippen LogP contribution is 2.37. The number of likely N-dealkylation sites (N-methyl/N-ethyl adjacent to an activating group) is 1. The third-order valence-electron chi connectivity index (χ3n) is 3.90. The molecule has 0 saturated carbocycles. The largest absolute Gasteiger partial charge is 0.506 e. The number of nitrogens with zero attached hydrogens (tertiary/aromatic N) is 2. The standard InChI is InChI=1S/C17H21N3O3S/c1-9(2)23-14(22)7-13(21)16-15(18)11-6-10-8-20(3)5-4-12(10)19-17(11)24-16/h6-7,9,21H,4-5,8,18H2,1-3H3. The number of carbonyl (C=O) groups is 1. The first-order valence-electron chi connectivity index (χ1n) is 7.86. The SMILES string of the molecule is CC(C)OC(=O)C=C(O)c1sc2nc3c(cc2c1N)CN(C)CC3. The Labute approximate surface area is 144 Å². The second kappa shape index (κ2) is 6.41. The van der Waals surface area contributed by atoms with Gasteiger partial charge in [-0.15, -0.1) is 11.3 Å². The zero-order chi connectivity index (χ0) is 17.4. The molecule has 0 saturated heterocycles. The molecule has 6 nitrogen and oxygen atoms in total. The fourth-order valence-corrected chi connectivity index (χ4v) is 3.78. The van der Waals surface area contributed by atoms with E-state index in [0.29, 0.717) is 10.6 Å². The molecule has 24 heavy (non-hydrogen) atoms. The molecular weight excluding hydrogens is 326 g/mol. The van der Waals surface area contributed by atoms with E-state index < -0.39 is 5.97 Å². The van der Waals surface area contributed by atoms with Crippen LogP contribution in [0.25, 0.3) is 16.0 Å². The van der Waals surface area contributed by atoms with Crippen LogP contribution in [0.1, 0.15) is 30.0 Å². The normalized spacial score (nSPS) is 15.8. The van der Waals surface area contributed by atoms with E-state index >= 15 is 0 Å². The Morgan fingerprint density at radius 3 is 3.00 bits per heavy atom. The maximum absolute atomic E-state index is 11.7. The van der Waals surface area contributed by atoms with Gasteiger partial charge >= 0.3 is 5.97 Å². The second-order valence-corrected chi connectivity index (χ2v) is 7.29. The summed E-state index contributed by atoms with van der Waals surface area (Å²) in [5.74, 6) is -0.774. The highest BCUT2D eigenvalue weighted by molar-refractivity contribution is 7.20. The van der Waals surface area contributed by atoms with E-state index in [9.17, 15) is 9.90 Å². The first-order chi connectivity index (χ1) is 11.3. The average Bonchev–Trinajstić information content (AvgIpc) is 2.81. The van der Waals surface area contributed by atoms with Crippen LogP contribution in [0.3, 0.4) is 0 Å². The Hall–Kier alpha value is -2.12. The van der Waals surface area contributed by atoms with Gasteiger partial charge in [0, 0.05) is 30.6 Å². The van der Waals surface area contributed by atoms with Gasteiger partial charge in [0.2, 0.25) is 0 Å². The Kier molecular flexibility index (Phi) is 4.47. The van der Waals surface area contributed by atoms with Crippen LogP contribution >= 0.6 is 11.3 Å². The van der Waals surface area contributed by atoms with Gasteiger partial charge in [-0.3, -0.25) is 0 Å². The number of aliphatic hydroxyl groups is 1. The highest BCUT2D eigenvalue weighted by Gasteiger charge is 2.20. The van der Waals surface area contributed by atoms with E-state index in [4.69, 9.17) is 15.5 Å². The minimum Gasteiger partial charge on any atom is -0.506 e. The van der Waals surface area contributed by atoms with Gasteiger partial charge in [-0.25, -0.2) is 9.78 Å². The molecule has 7 heteroatoms. The molecule has 0 atom stereocenters. The van der Waals surface area contributed by atoms with Gasteiger partial charge in [0.05, 0.1) is 22.7 Å². The lowest BCUT2D eigenvalue weighted by Crippen LogP contribution is -2.27. The number of nitrogen functional groups attached to an aromatic ring is 1. The summed E-state index contributed by atoms with van der Waals surface area (Å²) in [5.41, 5.74) is 8.88. The summed E-state index contributed by atoms with van der Waals surface area (Å²) in [7, 11) is 2.07. The lowest BCUT2D eigenvalue weighted by atomic mass is 10.0. The third-order valence-corrected chi connectivity index (χ3v) is 5.04. The van der Waals surface area contributed by atoms with Crippen LogP contribution < -0.4 is 5.73 Å². The Balaban J connectivity index is 1.99. The van der Waals surface area contributed by atoms with Crippen molar-refractivity contribution in [3.63, 3.8) is 0 Å². The van der Waals surface area contributed by atoms with Crippen LogP contribution in [0.4, 0.5) is 5.69 Å². The van der Waals surface area contributed by atoms with Crippen molar-refractivity contribution in [1.29, 1.82) is 0 Å². The zero-order valence-electron chi connectivity index (χ0n) is 14.0. The molecule has 3 N–H and O–H groups in total. The molecule has 3 heterocycles. The number of hydrogen-bond donors (Lipinski definition) is 2. The van der Waals surface area contributed by atoms with E-state index in [1.54, 1.807) is 13.8 Å². The molecule has 0 fully saturated rings. The summed E-state index contributed by atoms with van der Waals surface area (Å²) in [5, 5.41) is 11.1. The van der Waals surface area contributed by atoms with Gasteiger partial charge in [-0.2, -0.15) is 0 Å². The second-order valence-electron chi connectivity index (χ2n) is 6.29. The van der Waals surface area contributed by atoms with E-state index in [2.05, 4.69) is 11.9 Å². The molecule has 0 radical (unpaired) electrons. The monoisotopic (exact) mass is 347 g/mol. The first-order valence-corrected chi connectivity index (χ1v) is 8.67. The van der Waals surface area contributed by atoms with Crippen molar-refractivity contribution in [1.82, 2.24) is 9.88 Å². The van der Waals surface area contributed by atoms with Crippen molar-refractivity contribution in [2.45, 2.75) is 32.9 Å². The Morgan fingerprint density at radius 2 is 2.29 bits per heavy atom. The number of aliphatic hydroxyl groups excluding tert-OH is 1. The molecule has 1 aliphatic rings. The Bertz CT molecular complexity index is 826. The third kappa shape index (κ3) is 3.22. The van der Waals surface area contributed by atoms with Crippen molar-refractivity contribution < 1.29 is 14.6 Å². The quantitative estimate of drug-likeness (QED) is 0.504. The van der Waals surface area contributed by atoms with E-state index in [-0.39, 0.29) is 11.9 Å². The topological polar surface area (TPSA) is 88.7 Å². The molecule has 0 spiro atoms. The molecule has 2 aromatic rings. The lowest BCUT2D eigenvalue weighted by Gasteiger charge is -2.24. The van der Waals surface area contributed by atoms with E-state index in [1.807, 2.05) is 6.07 Å². The molecule has 2 aromatic heterocycles. The molecule has 128 valence electrons. The van der Waals surface area contributed by atoms with E-state index in [1.165, 1.54) is 11.3 Å². The van der Waals surface area contributed by atoms with Gasteiger partial charge in [0.25, 0.3) is 0 Å². The number of carbonyl (C=O) groups excluding carboxylic acids is 1. The number of nitrogens with two attached hydrogens (primary N) is 1. The Morgan fingerprint density at radius 1 is 1.54 bits per heavy atom. The summed E-state index contributed by atoms with van der Waals surface area (Å²) in [6.45, 7) is 5.32.